The lowest BCUT2D eigenvalue weighted by molar-refractivity contribution is -0.126. The minimum Gasteiger partial charge on any atom is -0.481 e. The molecule has 0 bridgehead atoms. The molecule has 1 saturated carbocycles. The highest BCUT2D eigenvalue weighted by Gasteiger charge is 2.42. The van der Waals surface area contributed by atoms with Crippen LogP contribution in [0, 0.1) is 11.8 Å². The van der Waals surface area contributed by atoms with Gasteiger partial charge in [0.1, 0.15) is 12.4 Å². The predicted molar refractivity (Wildman–Crippen MR) is 118 cm³/mol. The molecule has 0 aromatic heterocycles. The highest BCUT2D eigenvalue weighted by molar-refractivity contribution is 6.30. The molecule has 0 aliphatic heterocycles. The fourth-order valence-electron chi connectivity index (χ4n) is 3.88. The number of benzene rings is 2. The molecule has 3 rings (SSSR count). The molecular formula is C25H26ClNO2. The van der Waals surface area contributed by atoms with Crippen molar-refractivity contribution in [3.8, 4) is 17.6 Å². The number of hydrogen-bond donors (Lipinski definition) is 1. The molecule has 0 heterocycles. The molecular weight excluding hydrogens is 382 g/mol. The van der Waals surface area contributed by atoms with Gasteiger partial charge >= 0.3 is 0 Å². The first-order valence-electron chi connectivity index (χ1n) is 9.97. The monoisotopic (exact) mass is 407 g/mol. The van der Waals surface area contributed by atoms with Crippen LogP contribution in [-0.2, 0) is 16.6 Å². The van der Waals surface area contributed by atoms with Crippen LogP contribution in [0.4, 0.5) is 0 Å². The second-order valence-corrected chi connectivity index (χ2v) is 7.66. The summed E-state index contributed by atoms with van der Waals surface area (Å²) in [5.74, 6) is 6.83. The molecule has 1 fully saturated rings. The van der Waals surface area contributed by atoms with E-state index in [0.29, 0.717) is 11.6 Å². The van der Waals surface area contributed by atoms with Gasteiger partial charge in [0.2, 0.25) is 5.91 Å². The van der Waals surface area contributed by atoms with E-state index in [-0.39, 0.29) is 12.5 Å². The van der Waals surface area contributed by atoms with Crippen LogP contribution in [0.3, 0.4) is 0 Å². The molecule has 2 aromatic rings. The Morgan fingerprint density at radius 1 is 1.14 bits per heavy atom. The first kappa shape index (κ1) is 21.0. The lowest BCUT2D eigenvalue weighted by Crippen LogP contribution is -2.42. The molecule has 3 nitrogen and oxygen atoms in total. The number of carbonyl (C=O) groups is 1. The van der Waals surface area contributed by atoms with Crippen molar-refractivity contribution in [3.05, 3.63) is 77.3 Å². The normalized spacial score (nSPS) is 14.5. The predicted octanol–water partition coefficient (Wildman–Crippen LogP) is 5.08. The zero-order valence-electron chi connectivity index (χ0n) is 16.5. The van der Waals surface area contributed by atoms with Crippen molar-refractivity contribution in [3.63, 3.8) is 0 Å². The summed E-state index contributed by atoms with van der Waals surface area (Å²) in [5, 5.41) is 3.68. The first-order valence-corrected chi connectivity index (χ1v) is 10.4. The Hall–Kier alpha value is -2.70. The number of carbonyl (C=O) groups excluding carboxylic acids is 1. The Labute approximate surface area is 178 Å². The van der Waals surface area contributed by atoms with E-state index in [1.807, 2.05) is 54.6 Å². The molecule has 1 amide bonds. The van der Waals surface area contributed by atoms with Crippen LogP contribution in [0.25, 0.3) is 0 Å². The molecule has 4 heteroatoms. The molecule has 0 unspecified atom stereocenters. The number of para-hydroxylation sites is 1. The third-order valence-corrected chi connectivity index (χ3v) is 5.64. The standard InChI is InChI=1S/C25H26ClNO2/c1-2-9-20-10-3-4-11-23(20)29-19-8-7-18-27-24(28)25(16-5-6-17-25)21-12-14-22(26)15-13-21/h2-4,10-15H,1,5-6,9,16-19H2,(H,27,28). The van der Waals surface area contributed by atoms with Gasteiger partial charge in [0.25, 0.3) is 0 Å². The maximum absolute atomic E-state index is 13.0. The maximum atomic E-state index is 13.0. The van der Waals surface area contributed by atoms with E-state index < -0.39 is 5.41 Å². The smallest absolute Gasteiger partial charge is 0.231 e. The largest absolute Gasteiger partial charge is 0.481 e. The summed E-state index contributed by atoms with van der Waals surface area (Å²) >= 11 is 6.01. The van der Waals surface area contributed by atoms with Crippen molar-refractivity contribution in [1.82, 2.24) is 5.32 Å². The van der Waals surface area contributed by atoms with Gasteiger partial charge in [-0.1, -0.05) is 72.7 Å². The number of amides is 1. The molecule has 29 heavy (non-hydrogen) atoms. The fraction of sp³-hybridized carbons (Fsp3) is 0.320. The lowest BCUT2D eigenvalue weighted by Gasteiger charge is -2.28. The Bertz CT molecular complexity index is 902. The molecule has 1 aliphatic rings. The van der Waals surface area contributed by atoms with Crippen molar-refractivity contribution in [2.45, 2.75) is 37.5 Å². The summed E-state index contributed by atoms with van der Waals surface area (Å²) in [6.07, 6.45) is 6.43. The van der Waals surface area contributed by atoms with Gasteiger partial charge in [0.15, 0.2) is 0 Å². The van der Waals surface area contributed by atoms with Gasteiger partial charge in [-0.25, -0.2) is 0 Å². The second kappa shape index (κ2) is 10.2. The molecule has 150 valence electrons. The van der Waals surface area contributed by atoms with Crippen LogP contribution >= 0.6 is 11.6 Å². The summed E-state index contributed by atoms with van der Waals surface area (Å²) in [6, 6.07) is 15.5. The van der Waals surface area contributed by atoms with E-state index >= 15 is 0 Å². The SMILES string of the molecule is C=CCc1ccccc1OCC#CCNC(=O)C1(c2ccc(Cl)cc2)CCCC1. The number of nitrogens with one attached hydrogen (secondary N) is 1. The van der Waals surface area contributed by atoms with Gasteiger partial charge in [0.05, 0.1) is 12.0 Å². The van der Waals surface area contributed by atoms with Crippen molar-refractivity contribution in [2.24, 2.45) is 0 Å². The zero-order chi connectivity index (χ0) is 20.5. The van der Waals surface area contributed by atoms with Crippen LogP contribution in [-0.4, -0.2) is 19.1 Å². The molecule has 1 aliphatic carbocycles. The highest BCUT2D eigenvalue weighted by atomic mass is 35.5. The van der Waals surface area contributed by atoms with Gasteiger partial charge in [0, 0.05) is 5.02 Å². The summed E-state index contributed by atoms with van der Waals surface area (Å²) in [5.41, 5.74) is 1.66. The number of halogens is 1. The van der Waals surface area contributed by atoms with E-state index in [1.165, 1.54) is 0 Å². The summed E-state index contributed by atoms with van der Waals surface area (Å²) in [7, 11) is 0. The summed E-state index contributed by atoms with van der Waals surface area (Å²) in [6.45, 7) is 4.36. The minimum absolute atomic E-state index is 0.0452. The van der Waals surface area contributed by atoms with Crippen molar-refractivity contribution < 1.29 is 9.53 Å². The van der Waals surface area contributed by atoms with Crippen LogP contribution < -0.4 is 10.1 Å². The van der Waals surface area contributed by atoms with Gasteiger partial charge in [-0.2, -0.15) is 0 Å². The van der Waals surface area contributed by atoms with Crippen LogP contribution in [0.15, 0.2) is 61.2 Å². The topological polar surface area (TPSA) is 38.3 Å². The van der Waals surface area contributed by atoms with E-state index in [2.05, 4.69) is 23.7 Å². The third-order valence-electron chi connectivity index (χ3n) is 5.39. The Morgan fingerprint density at radius 3 is 2.59 bits per heavy atom. The molecule has 0 radical (unpaired) electrons. The lowest BCUT2D eigenvalue weighted by atomic mass is 9.78. The Balaban J connectivity index is 1.54. The quantitative estimate of drug-likeness (QED) is 0.513. The Morgan fingerprint density at radius 2 is 1.86 bits per heavy atom. The molecule has 0 saturated heterocycles. The van der Waals surface area contributed by atoms with Gasteiger partial charge in [-0.05, 0) is 48.6 Å². The van der Waals surface area contributed by atoms with Gasteiger partial charge < -0.3 is 10.1 Å². The number of rotatable bonds is 7. The van der Waals surface area contributed by atoms with Crippen molar-refractivity contribution in [2.75, 3.05) is 13.2 Å². The molecule has 0 atom stereocenters. The maximum Gasteiger partial charge on any atom is 0.231 e. The fourth-order valence-corrected chi connectivity index (χ4v) is 4.01. The molecule has 1 N–H and O–H groups in total. The number of hydrogen-bond acceptors (Lipinski definition) is 2. The van der Waals surface area contributed by atoms with Gasteiger partial charge in [-0.15, -0.1) is 6.58 Å². The average molecular weight is 408 g/mol. The zero-order valence-corrected chi connectivity index (χ0v) is 17.3. The summed E-state index contributed by atoms with van der Waals surface area (Å²) in [4.78, 5) is 13.0. The summed E-state index contributed by atoms with van der Waals surface area (Å²) < 4.78 is 5.75. The minimum atomic E-state index is -0.466. The van der Waals surface area contributed by atoms with E-state index in [0.717, 1.165) is 49.0 Å². The number of ether oxygens (including phenoxy) is 1. The molecule has 2 aromatic carbocycles. The average Bonchev–Trinajstić information content (AvgIpc) is 3.23. The van der Waals surface area contributed by atoms with Crippen molar-refractivity contribution in [1.29, 1.82) is 0 Å². The van der Waals surface area contributed by atoms with Crippen LogP contribution in [0.5, 0.6) is 5.75 Å². The van der Waals surface area contributed by atoms with Crippen LogP contribution in [0.2, 0.25) is 5.02 Å². The van der Waals surface area contributed by atoms with E-state index in [9.17, 15) is 4.79 Å². The third kappa shape index (κ3) is 5.22. The highest BCUT2D eigenvalue weighted by Crippen LogP contribution is 2.41. The Kier molecular flexibility index (Phi) is 7.38. The number of allylic oxidation sites excluding steroid dienone is 1. The molecule has 0 spiro atoms. The first-order chi connectivity index (χ1) is 14.2. The second-order valence-electron chi connectivity index (χ2n) is 7.22. The van der Waals surface area contributed by atoms with Crippen molar-refractivity contribution >= 4 is 17.5 Å². The van der Waals surface area contributed by atoms with E-state index in [1.54, 1.807) is 0 Å². The van der Waals surface area contributed by atoms with Crippen LogP contribution in [0.1, 0.15) is 36.8 Å². The van der Waals surface area contributed by atoms with E-state index in [4.69, 9.17) is 16.3 Å². The van der Waals surface area contributed by atoms with Gasteiger partial charge in [-0.3, -0.25) is 4.79 Å².